The number of fused-ring (bicyclic) bond motifs is 2. The molecule has 0 saturated carbocycles. The topological polar surface area (TPSA) is 428 Å². The summed E-state index contributed by atoms with van der Waals surface area (Å²) >= 11 is 0. The second-order valence-corrected chi connectivity index (χ2v) is 15.7. The van der Waals surface area contributed by atoms with Crippen LogP contribution in [-0.2, 0) is 33.6 Å². The molecule has 61 heavy (non-hydrogen) atoms. The van der Waals surface area contributed by atoms with Crippen LogP contribution in [0.1, 0.15) is 51.2 Å². The van der Waals surface area contributed by atoms with Gasteiger partial charge in [0.1, 0.15) is 36.3 Å². The fourth-order valence-corrected chi connectivity index (χ4v) is 7.41. The number of nitrogens with one attached hydrogen (secondary N) is 4. The molecule has 3 aliphatic heterocycles. The van der Waals surface area contributed by atoms with E-state index in [1.54, 1.807) is 0 Å². The average molecular weight is 871 g/mol. The molecular formula is C36H54N8O17. The molecule has 1 aromatic carbocycles. The van der Waals surface area contributed by atoms with Crippen molar-refractivity contribution in [3.05, 3.63) is 23.8 Å². The summed E-state index contributed by atoms with van der Waals surface area (Å²) in [5, 5.41) is 115. The number of benzene rings is 1. The zero-order chi connectivity index (χ0) is 45.8. The van der Waals surface area contributed by atoms with Crippen LogP contribution in [0.2, 0.25) is 0 Å². The standard InChI is InChI=1S/C36H54N8O17/c1-12-10-44-28(29(12)54)34(59)42-32(57)23(52)7-16(37)30(55)39-25(13(2)45)35(60)43-11-15(46)6-17(43)31(56)40-26(33(58)41-27(36(44)61)22(51)9-24(38)53)21(50)8-19(48)14-3-4-18(47)20(49)5-14/h3-5,12-13,15-17,19,21-23,25-29,32,45-52,54,57H,6-11,37H2,1-2H3,(H2,38,53)(H,39,55)(H,40,56)(H,41,58)(H,42,59). The molecule has 0 spiro atoms. The van der Waals surface area contributed by atoms with E-state index >= 15 is 0 Å². The summed E-state index contributed by atoms with van der Waals surface area (Å²) in [5.74, 6) is -11.0. The van der Waals surface area contributed by atoms with Gasteiger partial charge < -0.3 is 93.6 Å². The number of hydrogen-bond acceptors (Lipinski definition) is 18. The quantitative estimate of drug-likeness (QED) is 0.108. The Hall–Kier alpha value is -5.25. The number of aliphatic hydroxyl groups excluding tert-OH is 8. The molecule has 3 aliphatic rings. The van der Waals surface area contributed by atoms with Gasteiger partial charge in [0, 0.05) is 38.3 Å². The first-order valence-electron chi connectivity index (χ1n) is 19.3. The maximum Gasteiger partial charge on any atom is 0.248 e. The van der Waals surface area contributed by atoms with E-state index in [1.165, 1.54) is 6.92 Å². The number of nitrogens with two attached hydrogens (primary N) is 2. The first-order valence-corrected chi connectivity index (χ1v) is 19.3. The largest absolute Gasteiger partial charge is 0.504 e. The molecule has 3 heterocycles. The van der Waals surface area contributed by atoms with Crippen LogP contribution in [0.25, 0.3) is 0 Å². The number of rotatable bonds is 8. The molecule has 18 N–H and O–H groups in total. The molecule has 0 aromatic heterocycles. The molecule has 4 rings (SSSR count). The highest BCUT2D eigenvalue weighted by Gasteiger charge is 2.50. The van der Waals surface area contributed by atoms with E-state index < -0.39 is 183 Å². The van der Waals surface area contributed by atoms with Crippen molar-refractivity contribution < 1.29 is 84.6 Å². The lowest BCUT2D eigenvalue weighted by atomic mass is 9.97. The molecule has 3 fully saturated rings. The van der Waals surface area contributed by atoms with Crippen molar-refractivity contribution in [3.8, 4) is 11.5 Å². The van der Waals surface area contributed by atoms with E-state index in [1.807, 2.05) is 5.32 Å². The Bertz CT molecular complexity index is 1820. The number of carbonyl (C=O) groups is 7. The Balaban J connectivity index is 1.83. The smallest absolute Gasteiger partial charge is 0.248 e. The first-order chi connectivity index (χ1) is 28.4. The summed E-state index contributed by atoms with van der Waals surface area (Å²) in [7, 11) is 0. The van der Waals surface area contributed by atoms with Gasteiger partial charge in [-0.05, 0) is 24.6 Å². The number of primary amides is 1. The van der Waals surface area contributed by atoms with Gasteiger partial charge in [0.2, 0.25) is 41.4 Å². The van der Waals surface area contributed by atoms with Gasteiger partial charge in [-0.15, -0.1) is 0 Å². The van der Waals surface area contributed by atoms with Gasteiger partial charge in [-0.1, -0.05) is 13.0 Å². The van der Waals surface area contributed by atoms with Crippen LogP contribution in [-0.4, -0.2) is 194 Å². The summed E-state index contributed by atoms with van der Waals surface area (Å²) in [5.41, 5.74) is 11.1. The van der Waals surface area contributed by atoms with Crippen molar-refractivity contribution in [2.24, 2.45) is 17.4 Å². The molecule has 15 unspecified atom stereocenters. The minimum Gasteiger partial charge on any atom is -0.504 e. The number of nitrogens with zero attached hydrogens (tertiary/aromatic N) is 2. The molecule has 7 amide bonds. The molecular weight excluding hydrogens is 816 g/mol. The second-order valence-electron chi connectivity index (χ2n) is 15.7. The third kappa shape index (κ3) is 11.4. The van der Waals surface area contributed by atoms with Crippen LogP contribution < -0.4 is 32.7 Å². The van der Waals surface area contributed by atoms with Crippen LogP contribution in [0.5, 0.6) is 11.5 Å². The minimum absolute atomic E-state index is 0.0981. The maximum atomic E-state index is 14.3. The predicted octanol–water partition coefficient (Wildman–Crippen LogP) is -8.35. The van der Waals surface area contributed by atoms with Gasteiger partial charge in [0.05, 0.1) is 49.1 Å². The van der Waals surface area contributed by atoms with Gasteiger partial charge >= 0.3 is 0 Å². The number of amides is 7. The van der Waals surface area contributed by atoms with E-state index in [-0.39, 0.29) is 5.56 Å². The van der Waals surface area contributed by atoms with Crippen LogP contribution in [0, 0.1) is 5.92 Å². The molecule has 3 saturated heterocycles. The number of phenolic OH excluding ortho intramolecular Hbond substituents is 2. The lowest BCUT2D eigenvalue weighted by Gasteiger charge is -2.34. The summed E-state index contributed by atoms with van der Waals surface area (Å²) in [6.07, 6.45) is -18.2. The summed E-state index contributed by atoms with van der Waals surface area (Å²) in [4.78, 5) is 96.5. The van der Waals surface area contributed by atoms with Crippen molar-refractivity contribution in [2.75, 3.05) is 13.1 Å². The normalized spacial score (nSPS) is 33.2. The van der Waals surface area contributed by atoms with Crippen molar-refractivity contribution in [2.45, 2.75) is 125 Å². The van der Waals surface area contributed by atoms with Crippen LogP contribution in [0.4, 0.5) is 0 Å². The second kappa shape index (κ2) is 20.1. The first kappa shape index (κ1) is 48.4. The van der Waals surface area contributed by atoms with Gasteiger partial charge in [-0.2, -0.15) is 0 Å². The Labute approximate surface area is 347 Å². The monoisotopic (exact) mass is 870 g/mol. The van der Waals surface area contributed by atoms with E-state index in [0.717, 1.165) is 30.0 Å². The number of carbonyl (C=O) groups excluding carboxylic acids is 7. The molecule has 0 bridgehead atoms. The molecule has 1 aromatic rings. The lowest BCUT2D eigenvalue weighted by Crippen LogP contribution is -2.64. The Morgan fingerprint density at radius 2 is 1.38 bits per heavy atom. The van der Waals surface area contributed by atoms with E-state index in [4.69, 9.17) is 11.5 Å². The van der Waals surface area contributed by atoms with E-state index in [0.29, 0.717) is 4.90 Å². The predicted molar refractivity (Wildman–Crippen MR) is 202 cm³/mol. The molecule has 25 nitrogen and oxygen atoms in total. The number of aliphatic hydroxyl groups is 8. The van der Waals surface area contributed by atoms with Crippen LogP contribution >= 0.6 is 0 Å². The summed E-state index contributed by atoms with van der Waals surface area (Å²) in [6, 6.07) is -8.55. The summed E-state index contributed by atoms with van der Waals surface area (Å²) < 4.78 is 0. The highest BCUT2D eigenvalue weighted by molar-refractivity contribution is 5.98. The van der Waals surface area contributed by atoms with Crippen molar-refractivity contribution in [3.63, 3.8) is 0 Å². The molecule has 0 radical (unpaired) electrons. The molecule has 15 atom stereocenters. The molecule has 0 aliphatic carbocycles. The third-order valence-corrected chi connectivity index (χ3v) is 10.8. The Morgan fingerprint density at radius 3 is 1.98 bits per heavy atom. The van der Waals surface area contributed by atoms with Crippen LogP contribution in [0.3, 0.4) is 0 Å². The van der Waals surface area contributed by atoms with E-state index in [9.17, 15) is 84.6 Å². The third-order valence-electron chi connectivity index (χ3n) is 10.8. The average Bonchev–Trinajstić information content (AvgIpc) is 3.72. The zero-order valence-corrected chi connectivity index (χ0v) is 33.0. The van der Waals surface area contributed by atoms with Gasteiger partial charge in [-0.25, -0.2) is 0 Å². The Morgan fingerprint density at radius 1 is 0.770 bits per heavy atom. The number of hydrogen-bond donors (Lipinski definition) is 16. The maximum absolute atomic E-state index is 14.3. The molecule has 340 valence electrons. The highest BCUT2D eigenvalue weighted by atomic mass is 16.3. The zero-order valence-electron chi connectivity index (χ0n) is 33.0. The summed E-state index contributed by atoms with van der Waals surface area (Å²) in [6.45, 7) is 1.50. The Kier molecular flexibility index (Phi) is 15.9. The molecule has 25 heteroatoms. The lowest BCUT2D eigenvalue weighted by molar-refractivity contribution is -0.149. The van der Waals surface area contributed by atoms with Gasteiger partial charge in [0.25, 0.3) is 0 Å². The fourth-order valence-electron chi connectivity index (χ4n) is 7.41. The van der Waals surface area contributed by atoms with Gasteiger partial charge in [0.15, 0.2) is 17.7 Å². The van der Waals surface area contributed by atoms with Crippen molar-refractivity contribution >= 4 is 41.4 Å². The van der Waals surface area contributed by atoms with Crippen LogP contribution in [0.15, 0.2) is 18.2 Å². The van der Waals surface area contributed by atoms with Crippen molar-refractivity contribution in [1.29, 1.82) is 0 Å². The van der Waals surface area contributed by atoms with Gasteiger partial charge in [-0.3, -0.25) is 33.6 Å². The number of phenols is 2. The number of aromatic hydroxyl groups is 2. The SMILES string of the molecule is CC(O)C1NC(=O)C(N)CC(O)C(O)NC(=O)C2C(O)C(C)CN2C(=O)C(C(O)CC(N)=O)NC(=O)C(C(O)CC(O)c2ccc(O)c(O)c2)NC(=O)C2CC(O)CN2C1=O. The minimum atomic E-state index is -2.24. The van der Waals surface area contributed by atoms with Crippen molar-refractivity contribution in [1.82, 2.24) is 31.1 Å². The fraction of sp³-hybridized carbons (Fsp3) is 0.639. The van der Waals surface area contributed by atoms with E-state index in [2.05, 4.69) is 16.0 Å². The highest BCUT2D eigenvalue weighted by Crippen LogP contribution is 2.31.